The van der Waals surface area contributed by atoms with Crippen molar-refractivity contribution in [3.63, 3.8) is 0 Å². The molecule has 0 atom stereocenters. The van der Waals surface area contributed by atoms with Crippen molar-refractivity contribution in [1.82, 2.24) is 0 Å². The summed E-state index contributed by atoms with van der Waals surface area (Å²) in [5.74, 6) is 0.281. The first kappa shape index (κ1) is 13.7. The SMILES string of the molecule is CC(C)/C(=C/c1ccccc1OCC#N)[N+](=O)[O-]. The van der Waals surface area contributed by atoms with E-state index in [4.69, 9.17) is 10.00 Å². The van der Waals surface area contributed by atoms with Gasteiger partial charge in [-0.2, -0.15) is 5.26 Å². The summed E-state index contributed by atoms with van der Waals surface area (Å²) in [4.78, 5) is 10.5. The van der Waals surface area contributed by atoms with Gasteiger partial charge >= 0.3 is 0 Å². The van der Waals surface area contributed by atoms with Gasteiger partial charge in [0, 0.05) is 17.6 Å². The van der Waals surface area contributed by atoms with E-state index in [1.165, 1.54) is 6.08 Å². The maximum Gasteiger partial charge on any atom is 0.249 e. The van der Waals surface area contributed by atoms with Gasteiger partial charge in [0.2, 0.25) is 5.70 Å². The summed E-state index contributed by atoms with van der Waals surface area (Å²) in [6.45, 7) is 3.43. The lowest BCUT2D eigenvalue weighted by Crippen LogP contribution is -2.05. The molecule has 5 heteroatoms. The number of allylic oxidation sites excluding steroid dienone is 1. The van der Waals surface area contributed by atoms with Gasteiger partial charge in [-0.05, 0) is 6.07 Å². The minimum absolute atomic E-state index is 0.0830. The molecule has 1 aromatic rings. The van der Waals surface area contributed by atoms with Crippen LogP contribution in [-0.2, 0) is 0 Å². The van der Waals surface area contributed by atoms with E-state index in [9.17, 15) is 10.1 Å². The summed E-state index contributed by atoms with van der Waals surface area (Å²) in [6.07, 6.45) is 1.48. The fourth-order valence-corrected chi connectivity index (χ4v) is 1.43. The van der Waals surface area contributed by atoms with Crippen molar-refractivity contribution < 1.29 is 9.66 Å². The molecule has 5 nitrogen and oxygen atoms in total. The van der Waals surface area contributed by atoms with Crippen molar-refractivity contribution in [3.05, 3.63) is 45.6 Å². The molecule has 0 aliphatic rings. The van der Waals surface area contributed by atoms with Crippen LogP contribution in [0.2, 0.25) is 0 Å². The van der Waals surface area contributed by atoms with Crippen LogP contribution in [0.1, 0.15) is 19.4 Å². The molecule has 0 fully saturated rings. The Morgan fingerprint density at radius 3 is 2.78 bits per heavy atom. The molecule has 0 N–H and O–H groups in total. The lowest BCUT2D eigenvalue weighted by Gasteiger charge is -2.07. The number of hydrogen-bond donors (Lipinski definition) is 0. The van der Waals surface area contributed by atoms with E-state index in [1.807, 2.05) is 6.07 Å². The molecule has 0 radical (unpaired) electrons. The molecular weight excluding hydrogens is 232 g/mol. The second-order valence-corrected chi connectivity index (χ2v) is 3.97. The first-order valence-electron chi connectivity index (χ1n) is 5.51. The number of para-hydroxylation sites is 1. The molecule has 0 saturated carbocycles. The quantitative estimate of drug-likeness (QED) is 0.591. The summed E-state index contributed by atoms with van der Waals surface area (Å²) < 4.78 is 5.22. The average Bonchev–Trinajstić information content (AvgIpc) is 2.33. The number of nitrogens with zero attached hydrogens (tertiary/aromatic N) is 2. The highest BCUT2D eigenvalue weighted by Gasteiger charge is 2.16. The van der Waals surface area contributed by atoms with Gasteiger partial charge < -0.3 is 4.74 Å². The van der Waals surface area contributed by atoms with Gasteiger partial charge in [0.1, 0.15) is 11.8 Å². The van der Waals surface area contributed by atoms with Crippen LogP contribution in [0.4, 0.5) is 0 Å². The van der Waals surface area contributed by atoms with Crippen molar-refractivity contribution in [2.45, 2.75) is 13.8 Å². The molecule has 0 heterocycles. The normalized spacial score (nSPS) is 11.1. The van der Waals surface area contributed by atoms with Crippen molar-refractivity contribution >= 4 is 6.08 Å². The van der Waals surface area contributed by atoms with Crippen LogP contribution in [0.3, 0.4) is 0 Å². The lowest BCUT2D eigenvalue weighted by molar-refractivity contribution is -0.431. The minimum atomic E-state index is -0.397. The topological polar surface area (TPSA) is 76.2 Å². The fourth-order valence-electron chi connectivity index (χ4n) is 1.43. The molecule has 1 rings (SSSR count). The van der Waals surface area contributed by atoms with Crippen LogP contribution in [0.5, 0.6) is 5.75 Å². The molecule has 0 amide bonds. The predicted molar refractivity (Wildman–Crippen MR) is 67.4 cm³/mol. The summed E-state index contributed by atoms with van der Waals surface area (Å²) in [7, 11) is 0. The second kappa shape index (κ2) is 6.40. The standard InChI is InChI=1S/C13H14N2O3/c1-10(2)12(15(16)17)9-11-5-3-4-6-13(11)18-8-7-14/h3-6,9-10H,8H2,1-2H3/b12-9-. The zero-order valence-electron chi connectivity index (χ0n) is 10.3. The number of hydrogen-bond acceptors (Lipinski definition) is 4. The van der Waals surface area contributed by atoms with Gasteiger partial charge in [-0.15, -0.1) is 0 Å². The molecule has 94 valence electrons. The number of rotatable bonds is 5. The predicted octanol–water partition coefficient (Wildman–Crippen LogP) is 2.86. The Balaban J connectivity index is 3.12. The van der Waals surface area contributed by atoms with Crippen LogP contribution in [0.25, 0.3) is 6.08 Å². The second-order valence-electron chi connectivity index (χ2n) is 3.97. The van der Waals surface area contributed by atoms with Gasteiger partial charge in [-0.3, -0.25) is 10.1 Å². The smallest absolute Gasteiger partial charge is 0.249 e. The third kappa shape index (κ3) is 3.59. The van der Waals surface area contributed by atoms with E-state index in [2.05, 4.69) is 0 Å². The third-order valence-electron chi connectivity index (χ3n) is 2.32. The van der Waals surface area contributed by atoms with Crippen molar-refractivity contribution in [3.8, 4) is 11.8 Å². The average molecular weight is 246 g/mol. The maximum atomic E-state index is 10.9. The van der Waals surface area contributed by atoms with Gasteiger partial charge in [0.15, 0.2) is 6.61 Å². The zero-order valence-corrected chi connectivity index (χ0v) is 10.3. The van der Waals surface area contributed by atoms with Crippen LogP contribution in [0.15, 0.2) is 30.0 Å². The fraction of sp³-hybridized carbons (Fsp3) is 0.308. The van der Waals surface area contributed by atoms with Gasteiger partial charge in [0.25, 0.3) is 0 Å². The van der Waals surface area contributed by atoms with Gasteiger partial charge in [-0.1, -0.05) is 32.0 Å². The number of nitro groups is 1. The van der Waals surface area contributed by atoms with Crippen LogP contribution >= 0.6 is 0 Å². The largest absolute Gasteiger partial charge is 0.478 e. The molecule has 18 heavy (non-hydrogen) atoms. The molecule has 0 aromatic heterocycles. The monoisotopic (exact) mass is 246 g/mol. The molecule has 0 aliphatic heterocycles. The van der Waals surface area contributed by atoms with Crippen molar-refractivity contribution in [2.75, 3.05) is 6.61 Å². The van der Waals surface area contributed by atoms with E-state index in [0.717, 1.165) is 0 Å². The van der Waals surface area contributed by atoms with Gasteiger partial charge in [0.05, 0.1) is 4.92 Å². The van der Waals surface area contributed by atoms with Crippen molar-refractivity contribution in [1.29, 1.82) is 5.26 Å². The molecule has 0 saturated heterocycles. The van der Waals surface area contributed by atoms with Crippen LogP contribution in [0, 0.1) is 27.4 Å². The summed E-state index contributed by atoms with van der Waals surface area (Å²) in [5, 5.41) is 19.4. The molecule has 1 aromatic carbocycles. The molecule has 0 unspecified atom stereocenters. The van der Waals surface area contributed by atoms with Crippen LogP contribution in [-0.4, -0.2) is 11.5 Å². The Kier molecular flexibility index (Phi) is 4.88. The minimum Gasteiger partial charge on any atom is -0.478 e. The first-order chi connectivity index (χ1) is 8.56. The number of benzene rings is 1. The van der Waals surface area contributed by atoms with E-state index in [1.54, 1.807) is 38.1 Å². The molecule has 0 spiro atoms. The number of nitriles is 1. The van der Waals surface area contributed by atoms with E-state index in [0.29, 0.717) is 11.3 Å². The van der Waals surface area contributed by atoms with E-state index < -0.39 is 4.92 Å². The Bertz CT molecular complexity index is 501. The molecule has 0 aliphatic carbocycles. The Morgan fingerprint density at radius 2 is 2.22 bits per heavy atom. The highest BCUT2D eigenvalue weighted by atomic mass is 16.6. The highest BCUT2D eigenvalue weighted by molar-refractivity contribution is 5.58. The van der Waals surface area contributed by atoms with Crippen LogP contribution < -0.4 is 4.74 Å². The maximum absolute atomic E-state index is 10.9. The van der Waals surface area contributed by atoms with E-state index in [-0.39, 0.29) is 18.2 Å². The van der Waals surface area contributed by atoms with Gasteiger partial charge in [-0.25, -0.2) is 0 Å². The molecule has 0 bridgehead atoms. The summed E-state index contributed by atoms with van der Waals surface area (Å²) in [5.41, 5.74) is 0.719. The summed E-state index contributed by atoms with van der Waals surface area (Å²) in [6, 6.07) is 8.79. The highest BCUT2D eigenvalue weighted by Crippen LogP contribution is 2.23. The zero-order chi connectivity index (χ0) is 13.5. The third-order valence-corrected chi connectivity index (χ3v) is 2.32. The Morgan fingerprint density at radius 1 is 1.56 bits per heavy atom. The lowest BCUT2D eigenvalue weighted by atomic mass is 10.1. The van der Waals surface area contributed by atoms with E-state index >= 15 is 0 Å². The summed E-state index contributed by atoms with van der Waals surface area (Å²) >= 11 is 0. The Hall–Kier alpha value is -2.35. The Labute approximate surface area is 105 Å². The molecular formula is C13H14N2O3. The van der Waals surface area contributed by atoms with Crippen molar-refractivity contribution in [2.24, 2.45) is 5.92 Å². The first-order valence-corrected chi connectivity index (χ1v) is 5.51. The number of ether oxygens (including phenoxy) is 1.